The average molecular weight is 467 g/mol. The first-order valence-electron chi connectivity index (χ1n) is 9.15. The topological polar surface area (TPSA) is 89.3 Å². The number of benzene rings is 2. The Bertz CT molecular complexity index is 1400. The van der Waals surface area contributed by atoms with Gasteiger partial charge in [-0.25, -0.2) is 13.4 Å². The highest BCUT2D eigenvalue weighted by molar-refractivity contribution is 8.04. The SMILES string of the molecule is O=C1/C(=C/c2ccc(-c3ccc(S(=O)(=O)Nc4nccs4)cc3)o2)Sc2ccccc21. The van der Waals surface area contributed by atoms with Crippen LogP contribution in [0.2, 0.25) is 0 Å². The van der Waals surface area contributed by atoms with E-state index in [-0.39, 0.29) is 10.7 Å². The van der Waals surface area contributed by atoms with Gasteiger partial charge >= 0.3 is 0 Å². The number of thioether (sulfide) groups is 1. The van der Waals surface area contributed by atoms with Crippen molar-refractivity contribution in [3.63, 3.8) is 0 Å². The molecule has 0 bridgehead atoms. The summed E-state index contributed by atoms with van der Waals surface area (Å²) in [5.74, 6) is 1.12. The van der Waals surface area contributed by atoms with Crippen molar-refractivity contribution in [3.8, 4) is 11.3 Å². The number of allylic oxidation sites excluding steroid dienone is 1. The van der Waals surface area contributed by atoms with Crippen LogP contribution in [0.1, 0.15) is 16.1 Å². The summed E-state index contributed by atoms with van der Waals surface area (Å²) in [7, 11) is -3.71. The quantitative estimate of drug-likeness (QED) is 0.389. The maximum atomic E-state index is 12.5. The van der Waals surface area contributed by atoms with Crippen molar-refractivity contribution >= 4 is 50.1 Å². The zero-order chi connectivity index (χ0) is 21.4. The van der Waals surface area contributed by atoms with Gasteiger partial charge in [-0.1, -0.05) is 23.9 Å². The van der Waals surface area contributed by atoms with Crippen molar-refractivity contribution in [2.24, 2.45) is 0 Å². The van der Waals surface area contributed by atoms with Crippen LogP contribution >= 0.6 is 23.1 Å². The second-order valence-electron chi connectivity index (χ2n) is 6.61. The number of Topliss-reactive ketones (excluding diaryl/α,β-unsaturated/α-hetero) is 1. The fraction of sp³-hybridized carbons (Fsp3) is 0. The Balaban J connectivity index is 1.35. The number of nitrogens with one attached hydrogen (secondary N) is 1. The zero-order valence-electron chi connectivity index (χ0n) is 15.8. The van der Waals surface area contributed by atoms with Gasteiger partial charge in [-0.2, -0.15) is 0 Å². The highest BCUT2D eigenvalue weighted by Crippen LogP contribution is 2.41. The van der Waals surface area contributed by atoms with Crippen LogP contribution in [-0.4, -0.2) is 19.2 Å². The lowest BCUT2D eigenvalue weighted by Crippen LogP contribution is -2.12. The molecule has 31 heavy (non-hydrogen) atoms. The molecule has 9 heteroatoms. The number of nitrogens with zero attached hydrogens (tertiary/aromatic N) is 1. The van der Waals surface area contributed by atoms with Crippen molar-refractivity contribution in [3.05, 3.63) is 88.5 Å². The molecule has 0 radical (unpaired) electrons. The first-order valence-corrected chi connectivity index (χ1v) is 12.3. The number of ketones is 1. The number of aromatic nitrogens is 1. The molecule has 2 aromatic heterocycles. The number of thiazole rings is 1. The van der Waals surface area contributed by atoms with Gasteiger partial charge < -0.3 is 4.42 Å². The molecule has 1 aliphatic rings. The Morgan fingerprint density at radius 3 is 2.55 bits per heavy atom. The summed E-state index contributed by atoms with van der Waals surface area (Å²) in [6.45, 7) is 0. The predicted molar refractivity (Wildman–Crippen MR) is 122 cm³/mol. The van der Waals surface area contributed by atoms with Crippen LogP contribution in [0.15, 0.2) is 91.4 Å². The molecule has 0 saturated carbocycles. The number of anilines is 1. The van der Waals surface area contributed by atoms with E-state index in [0.717, 1.165) is 10.5 Å². The van der Waals surface area contributed by atoms with Crippen LogP contribution in [0.4, 0.5) is 5.13 Å². The number of carbonyl (C=O) groups excluding carboxylic acids is 1. The lowest BCUT2D eigenvalue weighted by molar-refractivity contribution is 0.104. The van der Waals surface area contributed by atoms with E-state index in [9.17, 15) is 13.2 Å². The second kappa shape index (κ2) is 7.84. The van der Waals surface area contributed by atoms with Crippen molar-refractivity contribution < 1.29 is 17.6 Å². The van der Waals surface area contributed by atoms with Gasteiger partial charge in [0.25, 0.3) is 10.0 Å². The molecule has 154 valence electrons. The molecular weight excluding hydrogens is 452 g/mol. The number of hydrogen-bond acceptors (Lipinski definition) is 7. The largest absolute Gasteiger partial charge is 0.457 e. The molecule has 1 aliphatic heterocycles. The van der Waals surface area contributed by atoms with E-state index >= 15 is 0 Å². The molecule has 0 unspecified atom stereocenters. The molecule has 0 aliphatic carbocycles. The highest BCUT2D eigenvalue weighted by Gasteiger charge is 2.25. The molecule has 6 nitrogen and oxygen atoms in total. The monoisotopic (exact) mass is 466 g/mol. The fourth-order valence-electron chi connectivity index (χ4n) is 3.10. The molecule has 4 aromatic rings. The molecule has 0 atom stereocenters. The minimum atomic E-state index is -3.71. The fourth-order valence-corrected chi connectivity index (χ4v) is 5.92. The van der Waals surface area contributed by atoms with Gasteiger partial charge in [-0.05, 0) is 54.6 Å². The Hall–Kier alpha value is -3.14. The first kappa shape index (κ1) is 19.8. The van der Waals surface area contributed by atoms with E-state index in [1.54, 1.807) is 35.7 Å². The van der Waals surface area contributed by atoms with E-state index in [0.29, 0.717) is 27.1 Å². The van der Waals surface area contributed by atoms with E-state index in [1.165, 1.54) is 41.4 Å². The molecule has 2 aromatic carbocycles. The van der Waals surface area contributed by atoms with Crippen molar-refractivity contribution in [1.29, 1.82) is 0 Å². The summed E-state index contributed by atoms with van der Waals surface area (Å²) in [5, 5.41) is 2.01. The molecule has 0 spiro atoms. The van der Waals surface area contributed by atoms with Crippen LogP contribution in [0, 0.1) is 0 Å². The second-order valence-corrected chi connectivity index (χ2v) is 10.3. The summed E-state index contributed by atoms with van der Waals surface area (Å²) in [6.07, 6.45) is 3.26. The smallest absolute Gasteiger partial charge is 0.263 e. The zero-order valence-corrected chi connectivity index (χ0v) is 18.3. The van der Waals surface area contributed by atoms with Gasteiger partial charge in [0.1, 0.15) is 11.5 Å². The molecule has 0 amide bonds. The number of hydrogen-bond donors (Lipinski definition) is 1. The lowest BCUT2D eigenvalue weighted by atomic mass is 10.1. The minimum absolute atomic E-state index is 0.0131. The maximum Gasteiger partial charge on any atom is 0.263 e. The lowest BCUT2D eigenvalue weighted by Gasteiger charge is -2.05. The Morgan fingerprint density at radius 2 is 1.81 bits per heavy atom. The number of fused-ring (bicyclic) bond motifs is 1. The molecule has 5 rings (SSSR count). The van der Waals surface area contributed by atoms with Gasteiger partial charge in [-0.15, -0.1) is 11.3 Å². The van der Waals surface area contributed by atoms with E-state index in [1.807, 2.05) is 24.3 Å². The first-order chi connectivity index (χ1) is 15.0. The summed E-state index contributed by atoms with van der Waals surface area (Å²) in [4.78, 5) is 18.1. The van der Waals surface area contributed by atoms with Crippen LogP contribution in [-0.2, 0) is 10.0 Å². The molecule has 1 N–H and O–H groups in total. The Morgan fingerprint density at radius 1 is 1.00 bits per heavy atom. The van der Waals surface area contributed by atoms with Gasteiger partial charge in [0.15, 0.2) is 5.13 Å². The molecule has 3 heterocycles. The highest BCUT2D eigenvalue weighted by atomic mass is 32.2. The standard InChI is InChI=1S/C22H14N2O4S3/c25-21-17-3-1-2-4-19(17)30-20(21)13-15-7-10-18(28-15)14-5-8-16(9-6-14)31(26,27)24-22-23-11-12-29-22/h1-13H,(H,23,24)/b20-13-. The van der Waals surface area contributed by atoms with E-state index in [2.05, 4.69) is 9.71 Å². The summed E-state index contributed by atoms with van der Waals surface area (Å²) in [5.41, 5.74) is 1.43. The van der Waals surface area contributed by atoms with Gasteiger partial charge in [0.2, 0.25) is 5.78 Å². The third kappa shape index (κ3) is 3.95. The van der Waals surface area contributed by atoms with Crippen LogP contribution < -0.4 is 4.72 Å². The van der Waals surface area contributed by atoms with Crippen LogP contribution in [0.25, 0.3) is 17.4 Å². The minimum Gasteiger partial charge on any atom is -0.457 e. The molecule has 0 fully saturated rings. The number of sulfonamides is 1. The summed E-state index contributed by atoms with van der Waals surface area (Å²) in [6, 6.07) is 17.5. The van der Waals surface area contributed by atoms with Gasteiger partial charge in [0, 0.05) is 27.6 Å². The van der Waals surface area contributed by atoms with Crippen molar-refractivity contribution in [2.75, 3.05) is 4.72 Å². The normalized spacial score (nSPS) is 14.7. The predicted octanol–water partition coefficient (Wildman–Crippen LogP) is 5.53. The Labute approximate surface area is 186 Å². The van der Waals surface area contributed by atoms with Crippen LogP contribution in [0.5, 0.6) is 0 Å². The van der Waals surface area contributed by atoms with Gasteiger partial charge in [0.05, 0.1) is 9.80 Å². The number of furan rings is 1. The third-order valence-electron chi connectivity index (χ3n) is 4.58. The third-order valence-corrected chi connectivity index (χ3v) is 7.85. The maximum absolute atomic E-state index is 12.5. The van der Waals surface area contributed by atoms with E-state index < -0.39 is 10.0 Å². The summed E-state index contributed by atoms with van der Waals surface area (Å²) < 4.78 is 33.2. The van der Waals surface area contributed by atoms with E-state index in [4.69, 9.17) is 4.42 Å². The molecular formula is C22H14N2O4S3. The molecule has 0 saturated heterocycles. The Kier molecular flexibility index (Phi) is 5.01. The number of carbonyl (C=O) groups is 1. The average Bonchev–Trinajstić information content (AvgIpc) is 3.51. The van der Waals surface area contributed by atoms with Crippen molar-refractivity contribution in [1.82, 2.24) is 4.98 Å². The van der Waals surface area contributed by atoms with Gasteiger partial charge in [-0.3, -0.25) is 9.52 Å². The summed E-state index contributed by atoms with van der Waals surface area (Å²) >= 11 is 2.63. The number of rotatable bonds is 5. The van der Waals surface area contributed by atoms with Crippen LogP contribution in [0.3, 0.4) is 0 Å². The van der Waals surface area contributed by atoms with Crippen molar-refractivity contribution in [2.45, 2.75) is 9.79 Å².